The highest BCUT2D eigenvalue weighted by molar-refractivity contribution is 5.83. The lowest BCUT2D eigenvalue weighted by molar-refractivity contribution is 0.162. The summed E-state index contributed by atoms with van der Waals surface area (Å²) in [6.45, 7) is 0. The predicted octanol–water partition coefficient (Wildman–Crippen LogP) is 4.13. The number of phenols is 1. The summed E-state index contributed by atoms with van der Waals surface area (Å²) in [6.07, 6.45) is 4.63. The van der Waals surface area contributed by atoms with Crippen molar-refractivity contribution in [2.75, 3.05) is 11.9 Å². The number of nitrogens with zero attached hydrogens (tertiary/aromatic N) is 3. The zero-order chi connectivity index (χ0) is 17.8. The van der Waals surface area contributed by atoms with E-state index in [1.54, 1.807) is 6.07 Å². The number of benzene rings is 2. The van der Waals surface area contributed by atoms with Crippen LogP contribution in [0.15, 0.2) is 36.4 Å². The summed E-state index contributed by atoms with van der Waals surface area (Å²) in [5.74, 6) is 1.45. The van der Waals surface area contributed by atoms with Crippen LogP contribution in [0.25, 0.3) is 0 Å². The first kappa shape index (κ1) is 15.5. The highest BCUT2D eigenvalue weighted by Crippen LogP contribution is 2.54. The average molecular weight is 347 g/mol. The number of anilines is 2. The second-order valence-electron chi connectivity index (χ2n) is 7.57. The molecule has 0 aliphatic carbocycles. The lowest BCUT2D eigenvalue weighted by Gasteiger charge is -2.45. The van der Waals surface area contributed by atoms with Crippen LogP contribution in [0.1, 0.15) is 31.2 Å². The molecular formula is C21H21N3O2. The molecule has 2 unspecified atom stereocenters. The smallest absolute Gasteiger partial charge is 0.156 e. The highest BCUT2D eigenvalue weighted by Gasteiger charge is 2.43. The van der Waals surface area contributed by atoms with Crippen molar-refractivity contribution in [3.05, 3.63) is 42.0 Å². The molecule has 2 saturated heterocycles. The molecule has 2 aromatic carbocycles. The monoisotopic (exact) mass is 347 g/mol. The lowest BCUT2D eigenvalue weighted by Crippen LogP contribution is -2.48. The average Bonchev–Trinajstić information content (AvgIpc) is 2.86. The number of ether oxygens (including phenoxy) is 1. The van der Waals surface area contributed by atoms with Crippen LogP contribution in [0.3, 0.4) is 0 Å². The Labute approximate surface area is 153 Å². The molecule has 3 aliphatic heterocycles. The van der Waals surface area contributed by atoms with Crippen molar-refractivity contribution < 1.29 is 9.84 Å². The van der Waals surface area contributed by atoms with E-state index in [0.29, 0.717) is 35.1 Å². The van der Waals surface area contributed by atoms with Crippen LogP contribution in [0.4, 0.5) is 11.4 Å². The molecule has 0 saturated carbocycles. The Morgan fingerprint density at radius 2 is 1.81 bits per heavy atom. The van der Waals surface area contributed by atoms with Crippen LogP contribution in [0.2, 0.25) is 0 Å². The molecule has 3 heterocycles. The van der Waals surface area contributed by atoms with Gasteiger partial charge < -0.3 is 19.6 Å². The van der Waals surface area contributed by atoms with Crippen LogP contribution >= 0.6 is 0 Å². The summed E-state index contributed by atoms with van der Waals surface area (Å²) in [4.78, 5) is 4.77. The summed E-state index contributed by atoms with van der Waals surface area (Å²) in [6, 6.07) is 14.8. The maximum absolute atomic E-state index is 10.7. The van der Waals surface area contributed by atoms with E-state index < -0.39 is 0 Å². The SMILES string of the molecule is CN1C2CCC1CC(N1c3ccccc3Oc3cc(C#N)cc(O)c31)C2. The fourth-order valence-electron chi connectivity index (χ4n) is 4.93. The fraction of sp³-hybridized carbons (Fsp3) is 0.381. The third-order valence-electron chi connectivity index (χ3n) is 6.21. The topological polar surface area (TPSA) is 59.7 Å². The molecule has 2 atom stereocenters. The number of fused-ring (bicyclic) bond motifs is 4. The molecule has 0 spiro atoms. The number of piperidine rings is 1. The van der Waals surface area contributed by atoms with Crippen LogP contribution in [0.5, 0.6) is 17.2 Å². The molecule has 1 N–H and O–H groups in total. The molecule has 0 amide bonds. The third kappa shape index (κ3) is 2.19. The van der Waals surface area contributed by atoms with Crippen molar-refractivity contribution >= 4 is 11.4 Å². The van der Waals surface area contributed by atoms with E-state index in [1.165, 1.54) is 18.9 Å². The fourth-order valence-corrected chi connectivity index (χ4v) is 4.93. The molecule has 2 aromatic rings. The van der Waals surface area contributed by atoms with E-state index in [0.717, 1.165) is 24.3 Å². The third-order valence-corrected chi connectivity index (χ3v) is 6.21. The first-order valence-electron chi connectivity index (χ1n) is 9.21. The van der Waals surface area contributed by atoms with Gasteiger partial charge in [0.2, 0.25) is 0 Å². The quantitative estimate of drug-likeness (QED) is 0.840. The molecular weight excluding hydrogens is 326 g/mol. The van der Waals surface area contributed by atoms with E-state index in [1.807, 2.05) is 18.2 Å². The maximum Gasteiger partial charge on any atom is 0.156 e. The minimum absolute atomic E-state index is 0.111. The number of rotatable bonds is 1. The Kier molecular flexibility index (Phi) is 3.38. The summed E-state index contributed by atoms with van der Waals surface area (Å²) in [5, 5.41) is 20.0. The van der Waals surface area contributed by atoms with Gasteiger partial charge in [0, 0.05) is 30.3 Å². The van der Waals surface area contributed by atoms with Crippen LogP contribution in [-0.2, 0) is 0 Å². The van der Waals surface area contributed by atoms with Crippen LogP contribution in [-0.4, -0.2) is 35.2 Å². The molecule has 5 rings (SSSR count). The minimum Gasteiger partial charge on any atom is -0.506 e. The van der Waals surface area contributed by atoms with Crippen molar-refractivity contribution in [3.63, 3.8) is 0 Å². The van der Waals surface area contributed by atoms with Gasteiger partial charge in [0.05, 0.1) is 17.3 Å². The number of nitriles is 1. The molecule has 5 nitrogen and oxygen atoms in total. The Morgan fingerprint density at radius 1 is 1.08 bits per heavy atom. The van der Waals surface area contributed by atoms with Crippen LogP contribution < -0.4 is 9.64 Å². The highest BCUT2D eigenvalue weighted by atomic mass is 16.5. The lowest BCUT2D eigenvalue weighted by atomic mass is 9.94. The largest absolute Gasteiger partial charge is 0.506 e. The normalized spacial score (nSPS) is 26.6. The molecule has 26 heavy (non-hydrogen) atoms. The molecule has 0 aromatic heterocycles. The van der Waals surface area contributed by atoms with Crippen molar-refractivity contribution in [1.29, 1.82) is 5.26 Å². The van der Waals surface area contributed by atoms with Gasteiger partial charge >= 0.3 is 0 Å². The van der Waals surface area contributed by atoms with Crippen molar-refractivity contribution in [3.8, 4) is 23.3 Å². The number of aromatic hydroxyl groups is 1. The van der Waals surface area contributed by atoms with Gasteiger partial charge in [-0.25, -0.2) is 0 Å². The van der Waals surface area contributed by atoms with E-state index in [2.05, 4.69) is 29.0 Å². The first-order chi connectivity index (χ1) is 12.7. The zero-order valence-corrected chi connectivity index (χ0v) is 14.7. The van der Waals surface area contributed by atoms with E-state index in [-0.39, 0.29) is 5.75 Å². The first-order valence-corrected chi connectivity index (χ1v) is 9.21. The summed E-state index contributed by atoms with van der Waals surface area (Å²) >= 11 is 0. The Morgan fingerprint density at radius 3 is 2.54 bits per heavy atom. The van der Waals surface area contributed by atoms with Crippen molar-refractivity contribution in [2.45, 2.75) is 43.8 Å². The predicted molar refractivity (Wildman–Crippen MR) is 99.1 cm³/mol. The second kappa shape index (κ2) is 5.65. The van der Waals surface area contributed by atoms with Crippen molar-refractivity contribution in [2.24, 2.45) is 0 Å². The Hall–Kier alpha value is -2.71. The van der Waals surface area contributed by atoms with Crippen molar-refractivity contribution in [1.82, 2.24) is 4.90 Å². The van der Waals surface area contributed by atoms with Gasteiger partial charge in [-0.15, -0.1) is 0 Å². The minimum atomic E-state index is 0.111. The van der Waals surface area contributed by atoms with E-state index in [9.17, 15) is 10.4 Å². The Balaban J connectivity index is 1.64. The Bertz CT molecular complexity index is 906. The summed E-state index contributed by atoms with van der Waals surface area (Å²) in [5.41, 5.74) is 2.09. The molecule has 0 radical (unpaired) electrons. The van der Waals surface area contributed by atoms with Gasteiger partial charge in [-0.3, -0.25) is 0 Å². The van der Waals surface area contributed by atoms with Gasteiger partial charge in [0.25, 0.3) is 0 Å². The van der Waals surface area contributed by atoms with E-state index in [4.69, 9.17) is 4.74 Å². The number of phenolic OH excluding ortho intramolecular Hbond substituents is 1. The van der Waals surface area contributed by atoms with Gasteiger partial charge in [-0.05, 0) is 44.9 Å². The molecule has 2 bridgehead atoms. The van der Waals surface area contributed by atoms with Gasteiger partial charge in [0.1, 0.15) is 11.4 Å². The molecule has 3 aliphatic rings. The van der Waals surface area contributed by atoms with Gasteiger partial charge in [0.15, 0.2) is 11.5 Å². The zero-order valence-electron chi connectivity index (χ0n) is 14.7. The number of para-hydroxylation sites is 2. The number of hydrogen-bond acceptors (Lipinski definition) is 5. The van der Waals surface area contributed by atoms with Crippen LogP contribution in [0, 0.1) is 11.3 Å². The summed E-state index contributed by atoms with van der Waals surface area (Å²) in [7, 11) is 2.23. The standard InChI is InChI=1S/C21H21N3O2/c1-23-14-6-7-15(23)11-16(10-14)24-17-4-2-3-5-19(17)26-20-9-13(12-22)8-18(25)21(20)24/h2-5,8-9,14-16,25H,6-7,10-11H2,1H3. The molecule has 5 heteroatoms. The summed E-state index contributed by atoms with van der Waals surface area (Å²) < 4.78 is 6.05. The molecule has 132 valence electrons. The molecule has 2 fully saturated rings. The number of hydrogen-bond donors (Lipinski definition) is 1. The van der Waals surface area contributed by atoms with E-state index >= 15 is 0 Å². The van der Waals surface area contributed by atoms with Gasteiger partial charge in [-0.2, -0.15) is 5.26 Å². The maximum atomic E-state index is 10.7. The second-order valence-corrected chi connectivity index (χ2v) is 7.57. The van der Waals surface area contributed by atoms with Gasteiger partial charge in [-0.1, -0.05) is 12.1 Å².